The molecule has 7 nitrogen and oxygen atoms in total. The molecule has 2 heterocycles. The number of nitrogens with zero attached hydrogens (tertiary/aromatic N) is 2. The minimum Gasteiger partial charge on any atom is -0.481 e. The molecule has 116 valence electrons. The average Bonchev–Trinajstić information content (AvgIpc) is 2.47. The van der Waals surface area contributed by atoms with Crippen LogP contribution in [0.15, 0.2) is 0 Å². The van der Waals surface area contributed by atoms with Crippen molar-refractivity contribution >= 4 is 16.2 Å². The second-order valence-electron chi connectivity index (χ2n) is 5.59. The van der Waals surface area contributed by atoms with Gasteiger partial charge in [0.25, 0.3) is 10.2 Å². The van der Waals surface area contributed by atoms with E-state index in [1.54, 1.807) is 0 Å². The van der Waals surface area contributed by atoms with Crippen molar-refractivity contribution < 1.29 is 23.4 Å². The summed E-state index contributed by atoms with van der Waals surface area (Å²) in [5.74, 6) is -1.56. The van der Waals surface area contributed by atoms with Crippen LogP contribution in [0.3, 0.4) is 0 Å². The summed E-state index contributed by atoms with van der Waals surface area (Å²) in [4.78, 5) is 11.0. The molecule has 2 fully saturated rings. The zero-order chi connectivity index (χ0) is 14.8. The second kappa shape index (κ2) is 6.38. The van der Waals surface area contributed by atoms with Gasteiger partial charge in [0, 0.05) is 32.8 Å². The quantitative estimate of drug-likeness (QED) is 0.745. The molecular formula is C12H22N2O5S. The first kappa shape index (κ1) is 15.7. The van der Waals surface area contributed by atoms with E-state index in [0.29, 0.717) is 32.5 Å². The highest BCUT2D eigenvalue weighted by Gasteiger charge is 2.37. The number of carbonyl (C=O) groups is 1. The maximum absolute atomic E-state index is 12.5. The van der Waals surface area contributed by atoms with Crippen LogP contribution >= 0.6 is 0 Å². The summed E-state index contributed by atoms with van der Waals surface area (Å²) in [5.41, 5.74) is 0. The van der Waals surface area contributed by atoms with Gasteiger partial charge in [0.1, 0.15) is 0 Å². The third-order valence-electron chi connectivity index (χ3n) is 4.13. The standard InChI is InChI=1S/C12H22N2O5S/c15-9-10-3-1-5-13(7-10)20(18,19)14-6-2-4-11(8-14)12(16)17/h10-11,15H,1-9H2,(H,16,17). The molecule has 0 radical (unpaired) electrons. The molecule has 2 unspecified atom stereocenters. The fourth-order valence-corrected chi connectivity index (χ4v) is 4.72. The summed E-state index contributed by atoms with van der Waals surface area (Å²) in [6.45, 7) is 1.20. The molecule has 2 aliphatic rings. The normalized spacial score (nSPS) is 30.2. The summed E-state index contributed by atoms with van der Waals surface area (Å²) in [6.07, 6.45) is 2.68. The predicted octanol–water partition coefficient (Wildman–Crippen LogP) is -0.268. The molecule has 0 saturated carbocycles. The minimum absolute atomic E-state index is 0.0101. The van der Waals surface area contributed by atoms with Crippen molar-refractivity contribution in [1.29, 1.82) is 0 Å². The summed E-state index contributed by atoms with van der Waals surface area (Å²) in [7, 11) is -3.60. The van der Waals surface area contributed by atoms with E-state index in [1.807, 2.05) is 0 Å². The fourth-order valence-electron chi connectivity index (χ4n) is 2.90. The average molecular weight is 306 g/mol. The van der Waals surface area contributed by atoms with Gasteiger partial charge >= 0.3 is 5.97 Å². The maximum Gasteiger partial charge on any atom is 0.307 e. The van der Waals surface area contributed by atoms with Crippen LogP contribution in [-0.2, 0) is 15.0 Å². The molecule has 0 amide bonds. The molecule has 2 rings (SSSR count). The Morgan fingerprint density at radius 2 is 1.70 bits per heavy atom. The molecule has 0 bridgehead atoms. The third kappa shape index (κ3) is 3.30. The highest BCUT2D eigenvalue weighted by atomic mass is 32.2. The Labute approximate surface area is 119 Å². The summed E-state index contributed by atoms with van der Waals surface area (Å²) < 4.78 is 27.8. The van der Waals surface area contributed by atoms with Gasteiger partial charge in [-0.05, 0) is 31.6 Å². The summed E-state index contributed by atoms with van der Waals surface area (Å²) in [5, 5.41) is 18.2. The number of carboxylic acid groups (broad SMARTS) is 1. The van der Waals surface area contributed by atoms with Crippen LogP contribution in [0.4, 0.5) is 0 Å². The third-order valence-corrected chi connectivity index (χ3v) is 6.09. The van der Waals surface area contributed by atoms with Crippen LogP contribution in [0.25, 0.3) is 0 Å². The van der Waals surface area contributed by atoms with E-state index in [0.717, 1.165) is 12.8 Å². The smallest absolute Gasteiger partial charge is 0.307 e. The van der Waals surface area contributed by atoms with Crippen LogP contribution in [0, 0.1) is 11.8 Å². The highest BCUT2D eigenvalue weighted by Crippen LogP contribution is 2.25. The highest BCUT2D eigenvalue weighted by molar-refractivity contribution is 7.86. The topological polar surface area (TPSA) is 98.2 Å². The van der Waals surface area contributed by atoms with Gasteiger partial charge in [0.2, 0.25) is 0 Å². The molecule has 20 heavy (non-hydrogen) atoms. The van der Waals surface area contributed by atoms with Gasteiger partial charge in [-0.1, -0.05) is 0 Å². The first-order valence-electron chi connectivity index (χ1n) is 7.04. The SMILES string of the molecule is O=C(O)C1CCCN(S(=O)(=O)N2CCCC(CO)C2)C1. The van der Waals surface area contributed by atoms with Crippen molar-refractivity contribution in [2.45, 2.75) is 25.7 Å². The van der Waals surface area contributed by atoms with Crippen molar-refractivity contribution in [2.75, 3.05) is 32.8 Å². The van der Waals surface area contributed by atoms with E-state index < -0.39 is 22.1 Å². The van der Waals surface area contributed by atoms with E-state index in [1.165, 1.54) is 8.61 Å². The maximum atomic E-state index is 12.5. The van der Waals surface area contributed by atoms with Crippen molar-refractivity contribution in [3.8, 4) is 0 Å². The van der Waals surface area contributed by atoms with Crippen LogP contribution in [0.5, 0.6) is 0 Å². The largest absolute Gasteiger partial charge is 0.481 e. The van der Waals surface area contributed by atoms with Gasteiger partial charge in [-0.3, -0.25) is 4.79 Å². The van der Waals surface area contributed by atoms with Crippen molar-refractivity contribution in [1.82, 2.24) is 8.61 Å². The number of aliphatic carboxylic acids is 1. The lowest BCUT2D eigenvalue weighted by molar-refractivity contribution is -0.142. The van der Waals surface area contributed by atoms with E-state index in [2.05, 4.69) is 0 Å². The number of carboxylic acids is 1. The molecule has 0 aromatic rings. The summed E-state index contributed by atoms with van der Waals surface area (Å²) in [6, 6.07) is 0. The van der Waals surface area contributed by atoms with E-state index in [4.69, 9.17) is 5.11 Å². The molecular weight excluding hydrogens is 284 g/mol. The second-order valence-corrected chi connectivity index (χ2v) is 7.52. The molecule has 2 N–H and O–H groups in total. The van der Waals surface area contributed by atoms with Gasteiger partial charge in [0.15, 0.2) is 0 Å². The first-order valence-corrected chi connectivity index (χ1v) is 8.43. The van der Waals surface area contributed by atoms with Gasteiger partial charge in [0.05, 0.1) is 5.92 Å². The van der Waals surface area contributed by atoms with Crippen molar-refractivity contribution in [3.63, 3.8) is 0 Å². The molecule has 2 atom stereocenters. The Morgan fingerprint density at radius 1 is 1.10 bits per heavy atom. The van der Waals surface area contributed by atoms with Gasteiger partial charge in [-0.2, -0.15) is 17.0 Å². The van der Waals surface area contributed by atoms with Crippen LogP contribution in [0.1, 0.15) is 25.7 Å². The van der Waals surface area contributed by atoms with Crippen LogP contribution < -0.4 is 0 Å². The molecule has 8 heteroatoms. The zero-order valence-corrected chi connectivity index (χ0v) is 12.3. The molecule has 0 aromatic heterocycles. The molecule has 2 aliphatic heterocycles. The number of piperidine rings is 2. The van der Waals surface area contributed by atoms with E-state index in [9.17, 15) is 18.3 Å². The summed E-state index contributed by atoms with van der Waals surface area (Å²) >= 11 is 0. The van der Waals surface area contributed by atoms with E-state index >= 15 is 0 Å². The number of hydrogen-bond acceptors (Lipinski definition) is 4. The lowest BCUT2D eigenvalue weighted by Gasteiger charge is -2.37. The van der Waals surface area contributed by atoms with Crippen molar-refractivity contribution in [3.05, 3.63) is 0 Å². The van der Waals surface area contributed by atoms with Crippen LogP contribution in [0.2, 0.25) is 0 Å². The Kier molecular flexibility index (Phi) is 5.00. The van der Waals surface area contributed by atoms with Gasteiger partial charge in [-0.15, -0.1) is 0 Å². The van der Waals surface area contributed by atoms with Crippen molar-refractivity contribution in [2.24, 2.45) is 11.8 Å². The number of rotatable bonds is 4. The number of aliphatic hydroxyl groups is 1. The monoisotopic (exact) mass is 306 g/mol. The fraction of sp³-hybridized carbons (Fsp3) is 0.917. The Hall–Kier alpha value is -0.700. The zero-order valence-electron chi connectivity index (χ0n) is 11.4. The first-order chi connectivity index (χ1) is 9.45. The number of hydrogen-bond donors (Lipinski definition) is 2. The molecule has 0 spiro atoms. The molecule has 0 aliphatic carbocycles. The van der Waals surface area contributed by atoms with Gasteiger partial charge in [-0.25, -0.2) is 0 Å². The Bertz CT molecular complexity index is 453. The Morgan fingerprint density at radius 3 is 2.30 bits per heavy atom. The minimum atomic E-state index is -3.60. The lowest BCUT2D eigenvalue weighted by atomic mass is 10.0. The molecule has 0 aromatic carbocycles. The van der Waals surface area contributed by atoms with E-state index in [-0.39, 0.29) is 19.1 Å². The van der Waals surface area contributed by atoms with Crippen LogP contribution in [-0.4, -0.2) is 66.0 Å². The predicted molar refractivity (Wildman–Crippen MR) is 72.2 cm³/mol. The van der Waals surface area contributed by atoms with Gasteiger partial charge < -0.3 is 10.2 Å². The number of aliphatic hydroxyl groups excluding tert-OH is 1. The molecule has 2 saturated heterocycles. The Balaban J connectivity index is 2.07. The lowest BCUT2D eigenvalue weighted by Crippen LogP contribution is -2.51.